The minimum Gasteiger partial charge on any atom is -0.488 e. The molecule has 196 valence electrons. The van der Waals surface area contributed by atoms with Crippen molar-refractivity contribution < 1.29 is 14.3 Å². The van der Waals surface area contributed by atoms with Gasteiger partial charge in [0.05, 0.1) is 12.7 Å². The van der Waals surface area contributed by atoms with E-state index in [0.29, 0.717) is 49.1 Å². The molecule has 4 heterocycles. The van der Waals surface area contributed by atoms with Crippen LogP contribution in [0.4, 0.5) is 16.4 Å². The van der Waals surface area contributed by atoms with E-state index >= 15 is 0 Å². The number of carbonyl (C=O) groups is 2. The van der Waals surface area contributed by atoms with Gasteiger partial charge in [-0.2, -0.15) is 17.0 Å². The molecule has 2 aromatic heterocycles. The van der Waals surface area contributed by atoms with Gasteiger partial charge >= 0.3 is 6.03 Å². The molecule has 0 saturated carbocycles. The SMILES string of the molecule is CSCC(C)Oc1cc(NC(=O)N2CCCc3cc(CN4CCN(C)CC4=O)c(C)nc32)ncc1C#N. The van der Waals surface area contributed by atoms with Gasteiger partial charge in [0.2, 0.25) is 5.91 Å². The second kappa shape index (κ2) is 11.8. The van der Waals surface area contributed by atoms with Crippen molar-refractivity contribution in [2.24, 2.45) is 0 Å². The summed E-state index contributed by atoms with van der Waals surface area (Å²) in [6.45, 7) is 6.89. The number of hydrogen-bond donors (Lipinski definition) is 1. The summed E-state index contributed by atoms with van der Waals surface area (Å²) in [7, 11) is 1.95. The van der Waals surface area contributed by atoms with Crippen LogP contribution < -0.4 is 15.0 Å². The van der Waals surface area contributed by atoms with Crippen LogP contribution in [0.15, 0.2) is 18.3 Å². The maximum atomic E-state index is 13.3. The maximum Gasteiger partial charge on any atom is 0.328 e. The smallest absolute Gasteiger partial charge is 0.328 e. The summed E-state index contributed by atoms with van der Waals surface area (Å²) in [5, 5.41) is 12.3. The number of aryl methyl sites for hydroxylation is 2. The topological polar surface area (TPSA) is 115 Å². The Morgan fingerprint density at radius 3 is 2.86 bits per heavy atom. The van der Waals surface area contributed by atoms with E-state index < -0.39 is 0 Å². The number of thioether (sulfide) groups is 1. The van der Waals surface area contributed by atoms with Crippen molar-refractivity contribution in [3.05, 3.63) is 40.7 Å². The van der Waals surface area contributed by atoms with Crippen LogP contribution in [-0.4, -0.2) is 83.0 Å². The highest BCUT2D eigenvalue weighted by atomic mass is 32.2. The standard InChI is InChI=1S/C26H33N7O3S/c1-17(16-37-4)36-22-11-23(28-13-21(22)12-27)30-26(35)33-7-5-6-19-10-20(18(2)29-25(19)33)14-32-9-8-31(3)15-24(32)34/h10-11,13,17H,5-9,14-16H2,1-4H3,(H,28,30,35). The lowest BCUT2D eigenvalue weighted by atomic mass is 10.0. The number of aromatic nitrogens is 2. The first-order valence-corrected chi connectivity index (χ1v) is 13.8. The summed E-state index contributed by atoms with van der Waals surface area (Å²) in [6, 6.07) is 5.43. The van der Waals surface area contributed by atoms with Crippen molar-refractivity contribution in [1.82, 2.24) is 19.8 Å². The van der Waals surface area contributed by atoms with E-state index in [2.05, 4.69) is 22.4 Å². The number of amides is 3. The Morgan fingerprint density at radius 1 is 1.32 bits per heavy atom. The first-order valence-electron chi connectivity index (χ1n) is 12.4. The van der Waals surface area contributed by atoms with E-state index in [4.69, 9.17) is 9.72 Å². The van der Waals surface area contributed by atoms with Crippen molar-refractivity contribution in [3.8, 4) is 11.8 Å². The number of likely N-dealkylation sites (N-methyl/N-ethyl adjacent to an activating group) is 1. The van der Waals surface area contributed by atoms with Gasteiger partial charge in [-0.15, -0.1) is 0 Å². The van der Waals surface area contributed by atoms with E-state index in [-0.39, 0.29) is 18.0 Å². The van der Waals surface area contributed by atoms with E-state index in [9.17, 15) is 14.9 Å². The van der Waals surface area contributed by atoms with Crippen molar-refractivity contribution in [1.29, 1.82) is 5.26 Å². The highest BCUT2D eigenvalue weighted by Gasteiger charge is 2.27. The zero-order chi connectivity index (χ0) is 26.5. The molecule has 1 saturated heterocycles. The highest BCUT2D eigenvalue weighted by molar-refractivity contribution is 7.98. The summed E-state index contributed by atoms with van der Waals surface area (Å²) in [5.41, 5.74) is 3.12. The Labute approximate surface area is 222 Å². The number of carbonyl (C=O) groups excluding carboxylic acids is 2. The van der Waals surface area contributed by atoms with Gasteiger partial charge < -0.3 is 9.64 Å². The van der Waals surface area contributed by atoms with Crippen LogP contribution in [-0.2, 0) is 17.8 Å². The van der Waals surface area contributed by atoms with Crippen molar-refractivity contribution in [3.63, 3.8) is 0 Å². The van der Waals surface area contributed by atoms with Crippen LogP contribution in [0.5, 0.6) is 5.75 Å². The molecule has 10 nitrogen and oxygen atoms in total. The first kappa shape index (κ1) is 26.7. The molecule has 3 amide bonds. The normalized spacial score (nSPS) is 16.7. The molecular formula is C26H33N7O3S. The number of piperazine rings is 1. The molecule has 2 aliphatic rings. The zero-order valence-corrected chi connectivity index (χ0v) is 22.6. The Kier molecular flexibility index (Phi) is 8.51. The Hall–Kier alpha value is -3.36. The zero-order valence-electron chi connectivity index (χ0n) is 21.8. The Morgan fingerprint density at radius 2 is 2.14 bits per heavy atom. The minimum absolute atomic E-state index is 0.0930. The molecule has 4 rings (SSSR count). The number of rotatable bonds is 7. The molecule has 0 radical (unpaired) electrons. The van der Waals surface area contributed by atoms with Crippen LogP contribution in [0, 0.1) is 18.3 Å². The molecule has 2 aromatic rings. The van der Waals surface area contributed by atoms with Gasteiger partial charge in [-0.1, -0.05) is 0 Å². The number of nitrogens with one attached hydrogen (secondary N) is 1. The van der Waals surface area contributed by atoms with Crippen LogP contribution in [0.3, 0.4) is 0 Å². The fourth-order valence-corrected chi connectivity index (χ4v) is 5.08. The van der Waals surface area contributed by atoms with Gasteiger partial charge in [0, 0.05) is 43.7 Å². The average Bonchev–Trinajstić information content (AvgIpc) is 2.86. The number of pyridine rings is 2. The second-order valence-electron chi connectivity index (χ2n) is 9.52. The minimum atomic E-state index is -0.338. The van der Waals surface area contributed by atoms with E-state index in [1.54, 1.807) is 22.7 Å². The predicted octanol–water partition coefficient (Wildman–Crippen LogP) is 3.05. The number of fused-ring (bicyclic) bond motifs is 1. The fraction of sp³-hybridized carbons (Fsp3) is 0.500. The third kappa shape index (κ3) is 6.32. The average molecular weight is 524 g/mol. The molecule has 1 N–H and O–H groups in total. The van der Waals surface area contributed by atoms with Crippen LogP contribution in [0.25, 0.3) is 0 Å². The third-order valence-electron chi connectivity index (χ3n) is 6.52. The molecule has 1 atom stereocenters. The fourth-order valence-electron chi connectivity index (χ4n) is 4.54. The number of nitrogens with zero attached hydrogens (tertiary/aromatic N) is 6. The molecule has 0 bridgehead atoms. The van der Waals surface area contributed by atoms with E-state index in [0.717, 1.165) is 42.0 Å². The molecule has 0 aliphatic carbocycles. The summed E-state index contributed by atoms with van der Waals surface area (Å²) in [6.07, 6.45) is 4.93. The van der Waals surface area contributed by atoms with Gasteiger partial charge in [-0.05, 0) is 57.2 Å². The first-order chi connectivity index (χ1) is 17.8. The van der Waals surface area contributed by atoms with Gasteiger partial charge in [-0.3, -0.25) is 19.9 Å². The van der Waals surface area contributed by atoms with E-state index in [1.807, 2.05) is 37.0 Å². The van der Waals surface area contributed by atoms with Crippen LogP contribution in [0.1, 0.15) is 35.7 Å². The summed E-state index contributed by atoms with van der Waals surface area (Å²) in [5.74, 6) is 2.23. The number of hydrogen-bond acceptors (Lipinski definition) is 8. The number of ether oxygens (including phenoxy) is 1. The molecule has 0 aromatic carbocycles. The number of anilines is 2. The van der Waals surface area contributed by atoms with Gasteiger partial charge in [0.15, 0.2) is 0 Å². The van der Waals surface area contributed by atoms with Crippen molar-refractivity contribution >= 4 is 35.3 Å². The Bertz CT molecular complexity index is 1220. The predicted molar refractivity (Wildman–Crippen MR) is 144 cm³/mol. The molecular weight excluding hydrogens is 490 g/mol. The summed E-state index contributed by atoms with van der Waals surface area (Å²) in [4.78, 5) is 40.3. The van der Waals surface area contributed by atoms with Gasteiger partial charge in [-0.25, -0.2) is 14.8 Å². The number of nitriles is 1. The maximum absolute atomic E-state index is 13.3. The third-order valence-corrected chi connectivity index (χ3v) is 7.33. The molecule has 2 aliphatic heterocycles. The number of urea groups is 1. The molecule has 11 heteroatoms. The quantitative estimate of drug-likeness (QED) is 0.589. The van der Waals surface area contributed by atoms with Gasteiger partial charge in [0.25, 0.3) is 0 Å². The molecule has 1 unspecified atom stereocenters. The highest BCUT2D eigenvalue weighted by Crippen LogP contribution is 2.29. The van der Waals surface area contributed by atoms with Crippen LogP contribution in [0.2, 0.25) is 0 Å². The van der Waals surface area contributed by atoms with Crippen molar-refractivity contribution in [2.45, 2.75) is 39.3 Å². The molecule has 37 heavy (non-hydrogen) atoms. The van der Waals surface area contributed by atoms with Crippen molar-refractivity contribution in [2.75, 3.05) is 55.5 Å². The Balaban J connectivity index is 1.50. The second-order valence-corrected chi connectivity index (χ2v) is 10.4. The van der Waals surface area contributed by atoms with Crippen LogP contribution >= 0.6 is 11.8 Å². The molecule has 1 fully saturated rings. The lowest BCUT2D eigenvalue weighted by molar-refractivity contribution is -0.136. The lowest BCUT2D eigenvalue weighted by Crippen LogP contribution is -2.48. The summed E-state index contributed by atoms with van der Waals surface area (Å²) < 4.78 is 5.91. The summed E-state index contributed by atoms with van der Waals surface area (Å²) >= 11 is 1.65. The van der Waals surface area contributed by atoms with Gasteiger partial charge in [0.1, 0.15) is 35.1 Å². The van der Waals surface area contributed by atoms with E-state index in [1.165, 1.54) is 6.20 Å². The largest absolute Gasteiger partial charge is 0.488 e. The monoisotopic (exact) mass is 523 g/mol. The molecule has 0 spiro atoms. The lowest BCUT2D eigenvalue weighted by Gasteiger charge is -2.33.